The summed E-state index contributed by atoms with van der Waals surface area (Å²) in [6.45, 7) is 9.58. The normalized spacial score (nSPS) is 12.6. The van der Waals surface area contributed by atoms with Gasteiger partial charge >= 0.3 is 5.97 Å². The quantitative estimate of drug-likeness (QED) is 0.285. The molecule has 1 atom stereocenters. The van der Waals surface area contributed by atoms with E-state index in [9.17, 15) is 4.79 Å². The van der Waals surface area contributed by atoms with Gasteiger partial charge in [-0.25, -0.2) is 0 Å². The molecule has 0 saturated heterocycles. The molecular formula is C19H38O2. The molecule has 0 radical (unpaired) electrons. The van der Waals surface area contributed by atoms with Crippen molar-refractivity contribution in [3.05, 3.63) is 0 Å². The molecule has 0 rings (SSSR count). The molecule has 0 aromatic rings. The van der Waals surface area contributed by atoms with Crippen molar-refractivity contribution in [2.45, 2.75) is 98.3 Å². The Morgan fingerprint density at radius 1 is 0.905 bits per heavy atom. The predicted molar refractivity (Wildman–Crippen MR) is 91.4 cm³/mol. The van der Waals surface area contributed by atoms with Crippen molar-refractivity contribution in [1.82, 2.24) is 0 Å². The van der Waals surface area contributed by atoms with Gasteiger partial charge in [-0.2, -0.15) is 0 Å². The second-order valence-electron chi connectivity index (χ2n) is 6.80. The second kappa shape index (κ2) is 14.4. The summed E-state index contributed by atoms with van der Waals surface area (Å²) in [6, 6.07) is 0. The van der Waals surface area contributed by atoms with Crippen LogP contribution in [0.5, 0.6) is 0 Å². The van der Waals surface area contributed by atoms with E-state index in [4.69, 9.17) is 4.74 Å². The zero-order valence-corrected chi connectivity index (χ0v) is 15.0. The van der Waals surface area contributed by atoms with Crippen LogP contribution in [0, 0.1) is 11.8 Å². The molecule has 0 aromatic carbocycles. The molecule has 126 valence electrons. The van der Waals surface area contributed by atoms with Crippen LogP contribution >= 0.6 is 0 Å². The number of hydrogen-bond donors (Lipinski definition) is 0. The molecule has 0 aliphatic carbocycles. The standard InChI is InChI=1S/C19H38O2/c1-5-7-14-18(6-2)16-21-19(20)15-12-10-8-9-11-13-17(3)4/h17-18H,5-16H2,1-4H3. The summed E-state index contributed by atoms with van der Waals surface area (Å²) in [4.78, 5) is 11.7. The van der Waals surface area contributed by atoms with E-state index in [2.05, 4.69) is 27.7 Å². The first-order valence-electron chi connectivity index (χ1n) is 9.25. The molecule has 0 fully saturated rings. The molecular weight excluding hydrogens is 260 g/mol. The molecule has 0 heterocycles. The fraction of sp³-hybridized carbons (Fsp3) is 0.947. The molecule has 2 nitrogen and oxygen atoms in total. The predicted octanol–water partition coefficient (Wildman–Crippen LogP) is 6.13. The van der Waals surface area contributed by atoms with Crippen LogP contribution in [0.15, 0.2) is 0 Å². The zero-order chi connectivity index (χ0) is 15.9. The van der Waals surface area contributed by atoms with E-state index in [1.54, 1.807) is 0 Å². The van der Waals surface area contributed by atoms with E-state index in [0.717, 1.165) is 18.8 Å². The SMILES string of the molecule is CCCCC(CC)COC(=O)CCCCCCCC(C)C. The molecule has 0 N–H and O–H groups in total. The first-order chi connectivity index (χ1) is 10.1. The van der Waals surface area contributed by atoms with Gasteiger partial charge < -0.3 is 4.74 Å². The van der Waals surface area contributed by atoms with Crippen LogP contribution in [0.1, 0.15) is 98.3 Å². The average Bonchev–Trinajstić information content (AvgIpc) is 2.46. The van der Waals surface area contributed by atoms with Gasteiger partial charge in [-0.3, -0.25) is 4.79 Å². The Hall–Kier alpha value is -0.530. The average molecular weight is 299 g/mol. The summed E-state index contributed by atoms with van der Waals surface area (Å²) >= 11 is 0. The molecule has 0 aliphatic heterocycles. The number of hydrogen-bond acceptors (Lipinski definition) is 2. The number of carbonyl (C=O) groups is 1. The number of rotatable bonds is 14. The lowest BCUT2D eigenvalue weighted by molar-refractivity contribution is -0.145. The van der Waals surface area contributed by atoms with Crippen molar-refractivity contribution >= 4 is 5.97 Å². The van der Waals surface area contributed by atoms with Gasteiger partial charge in [0.25, 0.3) is 0 Å². The summed E-state index contributed by atoms with van der Waals surface area (Å²) in [5.74, 6) is 1.39. The van der Waals surface area contributed by atoms with E-state index in [-0.39, 0.29) is 5.97 Å². The Bertz CT molecular complexity index is 236. The highest BCUT2D eigenvalue weighted by atomic mass is 16.5. The first kappa shape index (κ1) is 20.5. The van der Waals surface area contributed by atoms with E-state index < -0.39 is 0 Å². The third-order valence-electron chi connectivity index (χ3n) is 4.19. The minimum Gasteiger partial charge on any atom is -0.465 e. The molecule has 0 saturated carbocycles. The highest BCUT2D eigenvalue weighted by Gasteiger charge is 2.09. The van der Waals surface area contributed by atoms with E-state index in [1.807, 2.05) is 0 Å². The molecule has 21 heavy (non-hydrogen) atoms. The smallest absolute Gasteiger partial charge is 0.305 e. The van der Waals surface area contributed by atoms with Crippen LogP contribution in [0.4, 0.5) is 0 Å². The third-order valence-corrected chi connectivity index (χ3v) is 4.19. The van der Waals surface area contributed by atoms with Crippen LogP contribution < -0.4 is 0 Å². The Balaban J connectivity index is 3.45. The van der Waals surface area contributed by atoms with Crippen LogP contribution in [-0.2, 0) is 9.53 Å². The van der Waals surface area contributed by atoms with E-state index in [1.165, 1.54) is 51.4 Å². The van der Waals surface area contributed by atoms with Crippen molar-refractivity contribution < 1.29 is 9.53 Å². The number of ether oxygens (including phenoxy) is 1. The Labute approximate surface area is 133 Å². The lowest BCUT2D eigenvalue weighted by Crippen LogP contribution is -2.13. The number of unbranched alkanes of at least 4 members (excludes halogenated alkanes) is 5. The van der Waals surface area contributed by atoms with Crippen LogP contribution in [0.2, 0.25) is 0 Å². The molecule has 0 amide bonds. The van der Waals surface area contributed by atoms with Gasteiger partial charge in [0.2, 0.25) is 0 Å². The summed E-state index contributed by atoms with van der Waals surface area (Å²) in [6.07, 6.45) is 12.8. The largest absolute Gasteiger partial charge is 0.465 e. The summed E-state index contributed by atoms with van der Waals surface area (Å²) < 4.78 is 5.41. The van der Waals surface area contributed by atoms with Crippen LogP contribution in [-0.4, -0.2) is 12.6 Å². The van der Waals surface area contributed by atoms with Gasteiger partial charge in [0.05, 0.1) is 6.61 Å². The Morgan fingerprint density at radius 2 is 1.57 bits per heavy atom. The van der Waals surface area contributed by atoms with Crippen molar-refractivity contribution in [3.63, 3.8) is 0 Å². The number of carbonyl (C=O) groups excluding carboxylic acids is 1. The summed E-state index contributed by atoms with van der Waals surface area (Å²) in [7, 11) is 0. The minimum absolute atomic E-state index is 0.00660. The Morgan fingerprint density at radius 3 is 2.19 bits per heavy atom. The fourth-order valence-corrected chi connectivity index (χ4v) is 2.53. The molecule has 0 aromatic heterocycles. The molecule has 2 heteroatoms. The highest BCUT2D eigenvalue weighted by Crippen LogP contribution is 2.14. The van der Waals surface area contributed by atoms with Gasteiger partial charge in [-0.15, -0.1) is 0 Å². The van der Waals surface area contributed by atoms with Crippen molar-refractivity contribution in [1.29, 1.82) is 0 Å². The molecule has 0 aliphatic rings. The van der Waals surface area contributed by atoms with Gasteiger partial charge in [-0.05, 0) is 24.7 Å². The van der Waals surface area contributed by atoms with E-state index in [0.29, 0.717) is 18.9 Å². The first-order valence-corrected chi connectivity index (χ1v) is 9.25. The Kier molecular flexibility index (Phi) is 14.0. The topological polar surface area (TPSA) is 26.3 Å². The lowest BCUT2D eigenvalue weighted by Gasteiger charge is -2.14. The molecule has 0 bridgehead atoms. The van der Waals surface area contributed by atoms with Crippen LogP contribution in [0.3, 0.4) is 0 Å². The maximum Gasteiger partial charge on any atom is 0.305 e. The minimum atomic E-state index is 0.00660. The monoisotopic (exact) mass is 298 g/mol. The van der Waals surface area contributed by atoms with Crippen molar-refractivity contribution in [2.75, 3.05) is 6.61 Å². The molecule has 1 unspecified atom stereocenters. The summed E-state index contributed by atoms with van der Waals surface area (Å²) in [5.41, 5.74) is 0. The summed E-state index contributed by atoms with van der Waals surface area (Å²) in [5, 5.41) is 0. The lowest BCUT2D eigenvalue weighted by atomic mass is 10.0. The van der Waals surface area contributed by atoms with Gasteiger partial charge in [0, 0.05) is 6.42 Å². The van der Waals surface area contributed by atoms with E-state index >= 15 is 0 Å². The van der Waals surface area contributed by atoms with Crippen LogP contribution in [0.25, 0.3) is 0 Å². The third kappa shape index (κ3) is 14.2. The number of esters is 1. The maximum absolute atomic E-state index is 11.7. The maximum atomic E-state index is 11.7. The fourth-order valence-electron chi connectivity index (χ4n) is 2.53. The second-order valence-corrected chi connectivity index (χ2v) is 6.80. The van der Waals surface area contributed by atoms with Gasteiger partial charge in [-0.1, -0.05) is 79.1 Å². The molecule has 0 spiro atoms. The van der Waals surface area contributed by atoms with Gasteiger partial charge in [0.1, 0.15) is 0 Å². The zero-order valence-electron chi connectivity index (χ0n) is 15.0. The van der Waals surface area contributed by atoms with Gasteiger partial charge in [0.15, 0.2) is 0 Å². The van der Waals surface area contributed by atoms with Crippen molar-refractivity contribution in [2.24, 2.45) is 11.8 Å². The highest BCUT2D eigenvalue weighted by molar-refractivity contribution is 5.69. The van der Waals surface area contributed by atoms with Crippen molar-refractivity contribution in [3.8, 4) is 0 Å².